The lowest BCUT2D eigenvalue weighted by Gasteiger charge is -2.05. The molecule has 0 amide bonds. The van der Waals surface area contributed by atoms with Crippen LogP contribution in [-0.4, -0.2) is 45.2 Å². The Bertz CT molecular complexity index is 1120. The molecule has 0 fully saturated rings. The molecular formula is C13H14N2O10S3. The number of carbonyl (C=O) groups excluding carboxylic acids is 1. The third-order valence-corrected chi connectivity index (χ3v) is 4.89. The molecule has 0 bridgehead atoms. The second kappa shape index (κ2) is 9.20. The molecule has 0 heterocycles. The molecule has 0 unspecified atom stereocenters. The Morgan fingerprint density at radius 3 is 1.39 bits per heavy atom. The van der Waals surface area contributed by atoms with Crippen LogP contribution in [0, 0.1) is 0 Å². The molecule has 0 saturated carbocycles. The Kier molecular flexibility index (Phi) is 7.76. The molecule has 0 atom stereocenters. The lowest BCUT2D eigenvalue weighted by atomic mass is 10.2. The zero-order valence-electron chi connectivity index (χ0n) is 13.6. The van der Waals surface area contributed by atoms with Crippen LogP contribution >= 0.6 is 0 Å². The summed E-state index contributed by atoms with van der Waals surface area (Å²) in [6.07, 6.45) is 0.591. The van der Waals surface area contributed by atoms with Crippen LogP contribution in [0.1, 0.15) is 10.4 Å². The zero-order chi connectivity index (χ0) is 21.6. The molecule has 5 N–H and O–H groups in total. The lowest BCUT2D eigenvalue weighted by Crippen LogP contribution is -2.28. The Labute approximate surface area is 160 Å². The van der Waals surface area contributed by atoms with Crippen molar-refractivity contribution in [3.05, 3.63) is 54.1 Å². The van der Waals surface area contributed by atoms with Crippen molar-refractivity contribution in [2.24, 2.45) is 0 Å². The van der Waals surface area contributed by atoms with Gasteiger partial charge in [0.2, 0.25) is 0 Å². The first-order chi connectivity index (χ1) is 12.7. The quantitative estimate of drug-likeness (QED) is 0.229. The number of benzene rings is 2. The van der Waals surface area contributed by atoms with Crippen LogP contribution in [0.15, 0.2) is 58.3 Å². The molecule has 154 valence electrons. The number of hydrazine groups is 1. The predicted octanol–water partition coefficient (Wildman–Crippen LogP) is 0.398. The smallest absolute Gasteiger partial charge is 0.306 e. The number of anilines is 1. The Hall–Kier alpha value is -2.40. The van der Waals surface area contributed by atoms with Gasteiger partial charge in [-0.25, -0.2) is 0 Å². The molecule has 12 nitrogen and oxygen atoms in total. The average molecular weight is 454 g/mol. The van der Waals surface area contributed by atoms with Crippen molar-refractivity contribution < 1.29 is 43.7 Å². The van der Waals surface area contributed by atoms with Gasteiger partial charge in [-0.1, -0.05) is 12.1 Å². The molecule has 0 aliphatic carbocycles. The van der Waals surface area contributed by atoms with Crippen molar-refractivity contribution >= 4 is 42.5 Å². The second-order valence-electron chi connectivity index (χ2n) is 4.86. The van der Waals surface area contributed by atoms with Crippen LogP contribution in [0.5, 0.6) is 0 Å². The van der Waals surface area contributed by atoms with Crippen LogP contribution in [0.4, 0.5) is 5.69 Å². The Morgan fingerprint density at radius 1 is 0.679 bits per heavy atom. The highest BCUT2D eigenvalue weighted by atomic mass is 32.2. The third-order valence-electron chi connectivity index (χ3n) is 2.79. The summed E-state index contributed by atoms with van der Waals surface area (Å²) in [5.41, 5.74) is 2.65. The average Bonchev–Trinajstić information content (AvgIpc) is 2.59. The van der Waals surface area contributed by atoms with Crippen molar-refractivity contribution in [2.45, 2.75) is 9.79 Å². The fraction of sp³-hybridized carbons (Fsp3) is 0. The molecule has 0 radical (unpaired) electrons. The number of nitrogens with one attached hydrogen (secondary N) is 2. The van der Waals surface area contributed by atoms with Gasteiger partial charge in [0.1, 0.15) is 6.29 Å². The molecular weight excluding hydrogens is 440 g/mol. The van der Waals surface area contributed by atoms with E-state index in [4.69, 9.17) is 13.7 Å². The summed E-state index contributed by atoms with van der Waals surface area (Å²) in [5.74, 6) is 0. The number of hydrogen-bond acceptors (Lipinski definition) is 8. The van der Waals surface area contributed by atoms with Crippen LogP contribution in [-0.2, 0) is 30.5 Å². The first kappa shape index (κ1) is 23.6. The normalized spacial score (nSPS) is 11.8. The summed E-state index contributed by atoms with van der Waals surface area (Å²) in [7, 11) is -12.8. The van der Waals surface area contributed by atoms with E-state index in [0.29, 0.717) is 11.8 Å². The first-order valence-corrected chi connectivity index (χ1v) is 11.1. The van der Waals surface area contributed by atoms with Crippen LogP contribution in [0.25, 0.3) is 0 Å². The van der Waals surface area contributed by atoms with Gasteiger partial charge < -0.3 is 5.43 Å². The molecule has 0 aliphatic rings. The van der Waals surface area contributed by atoms with E-state index in [-0.39, 0.29) is 15.5 Å². The van der Waals surface area contributed by atoms with E-state index in [1.54, 1.807) is 4.83 Å². The van der Waals surface area contributed by atoms with E-state index < -0.39 is 30.5 Å². The lowest BCUT2D eigenvalue weighted by molar-refractivity contribution is 0.112. The van der Waals surface area contributed by atoms with E-state index >= 15 is 0 Å². The van der Waals surface area contributed by atoms with E-state index in [2.05, 4.69) is 5.43 Å². The molecule has 2 aromatic carbocycles. The number of aldehydes is 1. The maximum Gasteiger partial charge on any atom is 0.350 e. The summed E-state index contributed by atoms with van der Waals surface area (Å²) in [6.45, 7) is 0. The molecule has 28 heavy (non-hydrogen) atoms. The van der Waals surface area contributed by atoms with Gasteiger partial charge in [-0.3, -0.25) is 18.5 Å². The highest BCUT2D eigenvalue weighted by molar-refractivity contribution is 7.86. The minimum atomic E-state index is -4.39. The minimum absolute atomic E-state index is 0.185. The largest absolute Gasteiger partial charge is 0.350 e. The number of carbonyl (C=O) groups is 1. The summed E-state index contributed by atoms with van der Waals surface area (Å²) in [5, 5.41) is 0. The molecule has 0 saturated heterocycles. The number of hydrogen-bond donors (Lipinski definition) is 5. The summed E-state index contributed by atoms with van der Waals surface area (Å²) in [4.78, 5) is 11.2. The van der Waals surface area contributed by atoms with E-state index in [9.17, 15) is 30.0 Å². The van der Waals surface area contributed by atoms with Crippen molar-refractivity contribution in [3.8, 4) is 0 Å². The SMILES string of the molecule is O=Cc1ccc(S(=O)(=O)O)cc1.O=S(=O)(O)NNc1ccc(S(=O)(=O)O)cc1. The van der Waals surface area contributed by atoms with Gasteiger partial charge in [-0.05, 0) is 36.4 Å². The van der Waals surface area contributed by atoms with E-state index in [1.807, 2.05) is 0 Å². The van der Waals surface area contributed by atoms with Crippen molar-refractivity contribution in [1.29, 1.82) is 0 Å². The standard InChI is InChI=1S/C7H6O4S.C6H8N2O6S2/c8-5-6-1-3-7(4-2-6)12(9,10)11;9-15(10,11)6-3-1-5(2-4-6)7-8-16(12,13)14/h1-5H,(H,9,10,11);1-4,7-8H,(H,9,10,11)(H,12,13,14). The van der Waals surface area contributed by atoms with Gasteiger partial charge in [-0.2, -0.15) is 25.3 Å². The topological polar surface area (TPSA) is 204 Å². The van der Waals surface area contributed by atoms with Crippen molar-refractivity contribution in [1.82, 2.24) is 4.83 Å². The predicted molar refractivity (Wildman–Crippen MR) is 96.2 cm³/mol. The molecule has 0 spiro atoms. The molecule has 15 heteroatoms. The monoisotopic (exact) mass is 454 g/mol. The van der Waals surface area contributed by atoms with Gasteiger partial charge in [-0.15, -0.1) is 4.83 Å². The summed E-state index contributed by atoms with van der Waals surface area (Å²) >= 11 is 0. The molecule has 0 aromatic heterocycles. The third kappa shape index (κ3) is 8.53. The van der Waals surface area contributed by atoms with Gasteiger partial charge in [0.15, 0.2) is 0 Å². The minimum Gasteiger partial charge on any atom is -0.306 e. The van der Waals surface area contributed by atoms with Crippen molar-refractivity contribution in [2.75, 3.05) is 5.43 Å². The maximum absolute atomic E-state index is 10.6. The van der Waals surface area contributed by atoms with Crippen LogP contribution < -0.4 is 10.3 Å². The van der Waals surface area contributed by atoms with E-state index in [0.717, 1.165) is 12.1 Å². The maximum atomic E-state index is 10.6. The van der Waals surface area contributed by atoms with Gasteiger partial charge in [0.05, 0.1) is 9.79 Å². The number of rotatable bonds is 6. The first-order valence-electron chi connectivity index (χ1n) is 6.83. The summed E-state index contributed by atoms with van der Waals surface area (Å²) < 4.78 is 88.3. The van der Waals surface area contributed by atoms with Crippen LogP contribution in [0.3, 0.4) is 0 Å². The van der Waals surface area contributed by atoms with E-state index in [1.165, 1.54) is 36.4 Å². The fourth-order valence-electron chi connectivity index (χ4n) is 1.55. The Balaban J connectivity index is 0.000000292. The van der Waals surface area contributed by atoms with Crippen LogP contribution in [0.2, 0.25) is 0 Å². The van der Waals surface area contributed by atoms with Gasteiger partial charge in [0.25, 0.3) is 20.2 Å². The fourth-order valence-corrected chi connectivity index (χ4v) is 2.76. The Morgan fingerprint density at radius 2 is 1.07 bits per heavy atom. The highest BCUT2D eigenvalue weighted by Crippen LogP contribution is 2.12. The highest BCUT2D eigenvalue weighted by Gasteiger charge is 2.09. The molecule has 0 aliphatic heterocycles. The second-order valence-corrected chi connectivity index (χ2v) is 8.86. The summed E-state index contributed by atoms with van der Waals surface area (Å²) in [6, 6.07) is 9.47. The van der Waals surface area contributed by atoms with Crippen molar-refractivity contribution in [3.63, 3.8) is 0 Å². The zero-order valence-corrected chi connectivity index (χ0v) is 16.1. The molecule has 2 rings (SSSR count). The van der Waals surface area contributed by atoms with Gasteiger partial charge >= 0.3 is 10.3 Å². The van der Waals surface area contributed by atoms with Gasteiger partial charge in [0, 0.05) is 11.3 Å². The molecule has 2 aromatic rings.